The third-order valence-corrected chi connectivity index (χ3v) is 8.12. The first-order valence-corrected chi connectivity index (χ1v) is 12.5. The topological polar surface area (TPSA) is 50.2 Å². The maximum atomic E-state index is 13.5. The van der Waals surface area contributed by atoms with Gasteiger partial charge in [-0.1, -0.05) is 6.07 Å². The first kappa shape index (κ1) is 19.6. The second kappa shape index (κ2) is 7.50. The van der Waals surface area contributed by atoms with E-state index in [1.807, 2.05) is 30.3 Å². The number of rotatable bonds is 3. The van der Waals surface area contributed by atoms with Crippen LogP contribution in [0.4, 0.5) is 11.4 Å². The summed E-state index contributed by atoms with van der Waals surface area (Å²) in [5, 5.41) is 3.24. The molecular formula is C25H27IN4O. The van der Waals surface area contributed by atoms with E-state index in [1.165, 1.54) is 42.1 Å². The summed E-state index contributed by atoms with van der Waals surface area (Å²) in [6, 6.07) is 12.2. The molecule has 2 aliphatic heterocycles. The SMILES string of the molecule is O=C(Nc1cccc2nc3n(c12)CCCC3)c1ccc(I)cc1N1CCC2(CC1)CC2. The number of benzene rings is 2. The van der Waals surface area contributed by atoms with Crippen LogP contribution in [0.2, 0.25) is 0 Å². The Morgan fingerprint density at radius 2 is 1.87 bits per heavy atom. The van der Waals surface area contributed by atoms with Gasteiger partial charge in [-0.15, -0.1) is 0 Å². The predicted molar refractivity (Wildman–Crippen MR) is 133 cm³/mol. The largest absolute Gasteiger partial charge is 0.371 e. The monoisotopic (exact) mass is 526 g/mol. The Morgan fingerprint density at radius 1 is 1.03 bits per heavy atom. The van der Waals surface area contributed by atoms with Gasteiger partial charge in [0.25, 0.3) is 5.91 Å². The lowest BCUT2D eigenvalue weighted by Crippen LogP contribution is -2.35. The van der Waals surface area contributed by atoms with Crippen LogP contribution in [0, 0.1) is 8.99 Å². The number of piperidine rings is 1. The fraction of sp³-hybridized carbons (Fsp3) is 0.440. The van der Waals surface area contributed by atoms with Gasteiger partial charge in [0.2, 0.25) is 0 Å². The highest BCUT2D eigenvalue weighted by atomic mass is 127. The fourth-order valence-corrected chi connectivity index (χ4v) is 5.84. The molecule has 6 heteroatoms. The lowest BCUT2D eigenvalue weighted by atomic mass is 9.93. The number of para-hydroxylation sites is 1. The molecule has 1 saturated heterocycles. The van der Waals surface area contributed by atoms with Gasteiger partial charge >= 0.3 is 0 Å². The van der Waals surface area contributed by atoms with Crippen LogP contribution in [0.5, 0.6) is 0 Å². The van der Waals surface area contributed by atoms with Crippen molar-refractivity contribution in [2.24, 2.45) is 5.41 Å². The molecule has 1 aromatic heterocycles. The number of aromatic nitrogens is 2. The van der Waals surface area contributed by atoms with Crippen molar-refractivity contribution in [1.29, 1.82) is 0 Å². The number of aryl methyl sites for hydroxylation is 2. The van der Waals surface area contributed by atoms with E-state index < -0.39 is 0 Å². The summed E-state index contributed by atoms with van der Waals surface area (Å²) in [5.74, 6) is 1.11. The summed E-state index contributed by atoms with van der Waals surface area (Å²) >= 11 is 2.35. The van der Waals surface area contributed by atoms with Crippen molar-refractivity contribution in [2.45, 2.75) is 51.5 Å². The molecule has 31 heavy (non-hydrogen) atoms. The minimum atomic E-state index is -0.0306. The van der Waals surface area contributed by atoms with Crippen LogP contribution in [0.3, 0.4) is 0 Å². The van der Waals surface area contributed by atoms with Crippen molar-refractivity contribution in [2.75, 3.05) is 23.3 Å². The second-order valence-corrected chi connectivity index (χ2v) is 10.7. The summed E-state index contributed by atoms with van der Waals surface area (Å²) in [5.41, 5.74) is 5.36. The summed E-state index contributed by atoms with van der Waals surface area (Å²) in [4.78, 5) is 20.7. The molecule has 1 saturated carbocycles. The number of carbonyl (C=O) groups excluding carboxylic acids is 1. The molecule has 0 radical (unpaired) electrons. The first-order chi connectivity index (χ1) is 15.1. The van der Waals surface area contributed by atoms with Crippen molar-refractivity contribution in [3.63, 3.8) is 0 Å². The third kappa shape index (κ3) is 3.52. The molecule has 5 nitrogen and oxygen atoms in total. The Bertz CT molecular complexity index is 1170. The Kier molecular flexibility index (Phi) is 4.74. The lowest BCUT2D eigenvalue weighted by molar-refractivity contribution is 0.102. The van der Waals surface area contributed by atoms with Crippen molar-refractivity contribution >= 4 is 50.9 Å². The zero-order chi connectivity index (χ0) is 21.0. The van der Waals surface area contributed by atoms with Crippen LogP contribution < -0.4 is 10.2 Å². The van der Waals surface area contributed by atoms with Crippen molar-refractivity contribution < 1.29 is 4.79 Å². The molecule has 1 aliphatic carbocycles. The average molecular weight is 526 g/mol. The number of hydrogen-bond acceptors (Lipinski definition) is 3. The van der Waals surface area contributed by atoms with E-state index in [0.29, 0.717) is 5.41 Å². The number of hydrogen-bond donors (Lipinski definition) is 1. The molecule has 3 heterocycles. The zero-order valence-electron chi connectivity index (χ0n) is 17.7. The van der Waals surface area contributed by atoms with E-state index in [0.717, 1.165) is 59.9 Å². The van der Waals surface area contributed by atoms with E-state index in [9.17, 15) is 4.79 Å². The Labute approximate surface area is 196 Å². The highest BCUT2D eigenvalue weighted by Gasteiger charge is 2.44. The van der Waals surface area contributed by atoms with E-state index >= 15 is 0 Å². The maximum Gasteiger partial charge on any atom is 0.257 e. The van der Waals surface area contributed by atoms with Gasteiger partial charge in [-0.3, -0.25) is 4.79 Å². The molecule has 1 N–H and O–H groups in total. The molecule has 3 aliphatic rings. The van der Waals surface area contributed by atoms with Gasteiger partial charge in [0.15, 0.2) is 0 Å². The van der Waals surface area contributed by atoms with Gasteiger partial charge in [0.05, 0.1) is 28.0 Å². The zero-order valence-corrected chi connectivity index (χ0v) is 19.8. The molecule has 0 unspecified atom stereocenters. The van der Waals surface area contributed by atoms with Gasteiger partial charge in [-0.05, 0) is 96.9 Å². The van der Waals surface area contributed by atoms with Gasteiger partial charge in [0.1, 0.15) is 5.82 Å². The number of carbonyl (C=O) groups is 1. The highest BCUT2D eigenvalue weighted by molar-refractivity contribution is 14.1. The van der Waals surface area contributed by atoms with E-state index in [2.05, 4.69) is 43.4 Å². The minimum Gasteiger partial charge on any atom is -0.371 e. The number of imidazole rings is 1. The predicted octanol–water partition coefficient (Wildman–Crippen LogP) is 5.61. The van der Waals surface area contributed by atoms with E-state index in [4.69, 9.17) is 4.98 Å². The van der Waals surface area contributed by atoms with Gasteiger partial charge in [0, 0.05) is 29.6 Å². The average Bonchev–Trinajstić information content (AvgIpc) is 3.42. The number of amides is 1. The van der Waals surface area contributed by atoms with Gasteiger partial charge in [-0.25, -0.2) is 4.98 Å². The van der Waals surface area contributed by atoms with Crippen LogP contribution in [0.25, 0.3) is 11.0 Å². The summed E-state index contributed by atoms with van der Waals surface area (Å²) < 4.78 is 3.46. The van der Waals surface area contributed by atoms with Gasteiger partial charge in [-0.2, -0.15) is 0 Å². The molecule has 3 aromatic rings. The van der Waals surface area contributed by atoms with Crippen LogP contribution in [0.1, 0.15) is 54.7 Å². The lowest BCUT2D eigenvalue weighted by Gasteiger charge is -2.35. The summed E-state index contributed by atoms with van der Waals surface area (Å²) in [7, 11) is 0. The minimum absolute atomic E-state index is 0.0306. The Balaban J connectivity index is 1.32. The molecule has 1 spiro atoms. The molecule has 1 amide bonds. The number of fused-ring (bicyclic) bond motifs is 3. The normalized spacial score (nSPS) is 19.5. The van der Waals surface area contributed by atoms with Gasteiger partial charge < -0.3 is 14.8 Å². The Hall–Kier alpha value is -2.09. The molecule has 2 fully saturated rings. The van der Waals surface area contributed by atoms with Crippen molar-refractivity contribution in [1.82, 2.24) is 9.55 Å². The van der Waals surface area contributed by atoms with Crippen LogP contribution in [-0.2, 0) is 13.0 Å². The number of anilines is 2. The van der Waals surface area contributed by atoms with Crippen molar-refractivity contribution in [3.05, 3.63) is 51.4 Å². The van der Waals surface area contributed by atoms with E-state index in [1.54, 1.807) is 0 Å². The molecular weight excluding hydrogens is 499 g/mol. The molecule has 6 rings (SSSR count). The standard InChI is InChI=1S/C25H27IN4O/c26-17-7-8-18(21(16-17)29-14-11-25(9-10-25)12-15-29)24(31)28-20-5-3-4-19-23(20)30-13-2-1-6-22(30)27-19/h3-5,7-8,16H,1-2,6,9-15H2,(H,28,31). The van der Waals surface area contributed by atoms with E-state index in [-0.39, 0.29) is 5.91 Å². The van der Waals surface area contributed by atoms with Crippen LogP contribution in [0.15, 0.2) is 36.4 Å². The molecule has 0 atom stereocenters. The Morgan fingerprint density at radius 3 is 2.68 bits per heavy atom. The molecule has 2 aromatic carbocycles. The summed E-state index contributed by atoms with van der Waals surface area (Å²) in [6.07, 6.45) is 8.65. The number of nitrogens with one attached hydrogen (secondary N) is 1. The smallest absolute Gasteiger partial charge is 0.257 e. The fourth-order valence-electron chi connectivity index (χ4n) is 5.37. The van der Waals surface area contributed by atoms with Crippen LogP contribution in [-0.4, -0.2) is 28.5 Å². The highest BCUT2D eigenvalue weighted by Crippen LogP contribution is 2.54. The first-order valence-electron chi connectivity index (χ1n) is 11.5. The number of halogens is 1. The molecule has 0 bridgehead atoms. The third-order valence-electron chi connectivity index (χ3n) is 7.45. The molecule has 160 valence electrons. The number of nitrogens with zero attached hydrogens (tertiary/aromatic N) is 3. The van der Waals surface area contributed by atoms with Crippen molar-refractivity contribution in [3.8, 4) is 0 Å². The summed E-state index contributed by atoms with van der Waals surface area (Å²) in [6.45, 7) is 3.07. The quantitative estimate of drug-likeness (QED) is 0.452. The maximum absolute atomic E-state index is 13.5. The second-order valence-electron chi connectivity index (χ2n) is 9.41. The van der Waals surface area contributed by atoms with Crippen LogP contribution >= 0.6 is 22.6 Å².